The van der Waals surface area contributed by atoms with Gasteiger partial charge in [0.15, 0.2) is 0 Å². The molecule has 0 amide bonds. The van der Waals surface area contributed by atoms with Gasteiger partial charge in [-0.1, -0.05) is 20.8 Å². The Morgan fingerprint density at radius 1 is 1.12 bits per heavy atom. The monoisotopic (exact) mass is 224 g/mol. The second-order valence-electron chi connectivity index (χ2n) is 4.27. The molecular formula is C13H24N2O. The topological polar surface area (TPSA) is 51.2 Å². The lowest BCUT2D eigenvalue weighted by atomic mass is 9.90. The summed E-state index contributed by atoms with van der Waals surface area (Å²) in [7, 11) is 0. The molecule has 0 saturated carbocycles. The molecule has 0 unspecified atom stereocenters. The van der Waals surface area contributed by atoms with Crippen LogP contribution in [0.2, 0.25) is 0 Å². The second kappa shape index (κ2) is 6.06. The van der Waals surface area contributed by atoms with Crippen LogP contribution in [0.15, 0.2) is 16.5 Å². The molecule has 0 radical (unpaired) electrons. The van der Waals surface area contributed by atoms with E-state index in [0.29, 0.717) is 6.54 Å². The molecule has 0 atom stereocenters. The van der Waals surface area contributed by atoms with Crippen LogP contribution < -0.4 is 11.1 Å². The summed E-state index contributed by atoms with van der Waals surface area (Å²) in [6.07, 6.45) is 3.43. The maximum absolute atomic E-state index is 5.57. The first-order valence-corrected chi connectivity index (χ1v) is 6.22. The standard InChI is InChI=1S/C13H24N2O/c1-4-13(5-2,6-3)15-10-12-8-7-11(9-14)16-12/h7-8,15H,4-6,9-10,14H2,1-3H3. The normalized spacial score (nSPS) is 12.0. The van der Waals surface area contributed by atoms with Crippen molar-refractivity contribution in [1.29, 1.82) is 0 Å². The van der Waals surface area contributed by atoms with E-state index in [1.807, 2.05) is 12.1 Å². The summed E-state index contributed by atoms with van der Waals surface area (Å²) in [5, 5.41) is 3.60. The molecule has 1 aromatic heterocycles. The van der Waals surface area contributed by atoms with Crippen LogP contribution in [-0.4, -0.2) is 5.54 Å². The Hall–Kier alpha value is -0.800. The van der Waals surface area contributed by atoms with Gasteiger partial charge < -0.3 is 15.5 Å². The molecule has 0 aliphatic rings. The van der Waals surface area contributed by atoms with E-state index in [2.05, 4.69) is 26.1 Å². The summed E-state index contributed by atoms with van der Waals surface area (Å²) in [5.74, 6) is 1.83. The lowest BCUT2D eigenvalue weighted by molar-refractivity contribution is 0.275. The average Bonchev–Trinajstić information content (AvgIpc) is 2.80. The largest absolute Gasteiger partial charge is 0.463 e. The summed E-state index contributed by atoms with van der Waals surface area (Å²) < 4.78 is 5.57. The van der Waals surface area contributed by atoms with Crippen LogP contribution in [-0.2, 0) is 13.1 Å². The summed E-state index contributed by atoms with van der Waals surface area (Å²) >= 11 is 0. The third kappa shape index (κ3) is 3.09. The minimum Gasteiger partial charge on any atom is -0.463 e. The van der Waals surface area contributed by atoms with E-state index in [4.69, 9.17) is 10.2 Å². The third-order valence-corrected chi connectivity index (χ3v) is 3.59. The van der Waals surface area contributed by atoms with Gasteiger partial charge in [-0.15, -0.1) is 0 Å². The SMILES string of the molecule is CCC(CC)(CC)NCc1ccc(CN)o1. The lowest BCUT2D eigenvalue weighted by Gasteiger charge is -2.31. The van der Waals surface area contributed by atoms with Crippen molar-refractivity contribution in [3.63, 3.8) is 0 Å². The molecule has 92 valence electrons. The van der Waals surface area contributed by atoms with E-state index >= 15 is 0 Å². The molecular weight excluding hydrogens is 200 g/mol. The van der Waals surface area contributed by atoms with E-state index in [1.54, 1.807) is 0 Å². The summed E-state index contributed by atoms with van der Waals surface area (Å²) in [6.45, 7) is 7.95. The van der Waals surface area contributed by atoms with Gasteiger partial charge in [0.1, 0.15) is 11.5 Å². The third-order valence-electron chi connectivity index (χ3n) is 3.59. The van der Waals surface area contributed by atoms with Crippen molar-refractivity contribution < 1.29 is 4.42 Å². The number of rotatable bonds is 7. The molecule has 1 rings (SSSR count). The van der Waals surface area contributed by atoms with Crippen LogP contribution in [0.25, 0.3) is 0 Å². The minimum absolute atomic E-state index is 0.246. The molecule has 0 fully saturated rings. The van der Waals surface area contributed by atoms with Gasteiger partial charge in [-0.25, -0.2) is 0 Å². The molecule has 0 aromatic carbocycles. The van der Waals surface area contributed by atoms with Gasteiger partial charge in [-0.2, -0.15) is 0 Å². The number of nitrogens with one attached hydrogen (secondary N) is 1. The van der Waals surface area contributed by atoms with Crippen LogP contribution in [0, 0.1) is 0 Å². The van der Waals surface area contributed by atoms with Gasteiger partial charge in [-0.3, -0.25) is 0 Å². The fraction of sp³-hybridized carbons (Fsp3) is 0.692. The summed E-state index contributed by atoms with van der Waals surface area (Å²) in [6, 6.07) is 3.95. The van der Waals surface area contributed by atoms with Crippen molar-refractivity contribution >= 4 is 0 Å². The van der Waals surface area contributed by atoms with Crippen LogP contribution in [0.5, 0.6) is 0 Å². The zero-order valence-electron chi connectivity index (χ0n) is 10.7. The predicted octanol–water partition coefficient (Wildman–Crippen LogP) is 2.80. The zero-order chi connectivity index (χ0) is 12.0. The Kier molecular flexibility index (Phi) is 5.03. The van der Waals surface area contributed by atoms with Crippen LogP contribution in [0.3, 0.4) is 0 Å². The Balaban J connectivity index is 2.55. The Bertz CT molecular complexity index is 294. The molecule has 0 aliphatic heterocycles. The summed E-state index contributed by atoms with van der Waals surface area (Å²) in [5.41, 5.74) is 5.76. The number of furan rings is 1. The fourth-order valence-corrected chi connectivity index (χ4v) is 2.03. The maximum Gasteiger partial charge on any atom is 0.118 e. The van der Waals surface area contributed by atoms with Crippen molar-refractivity contribution in [2.75, 3.05) is 0 Å². The molecule has 3 heteroatoms. The van der Waals surface area contributed by atoms with Gasteiger partial charge in [-0.05, 0) is 31.4 Å². The number of hydrogen-bond donors (Lipinski definition) is 2. The predicted molar refractivity (Wildman–Crippen MR) is 67.0 cm³/mol. The van der Waals surface area contributed by atoms with E-state index in [0.717, 1.165) is 37.3 Å². The van der Waals surface area contributed by atoms with E-state index < -0.39 is 0 Å². The maximum atomic E-state index is 5.57. The van der Waals surface area contributed by atoms with Crippen LogP contribution in [0.4, 0.5) is 0 Å². The van der Waals surface area contributed by atoms with Crippen molar-refractivity contribution in [3.05, 3.63) is 23.7 Å². The van der Waals surface area contributed by atoms with Crippen LogP contribution in [0.1, 0.15) is 51.6 Å². The van der Waals surface area contributed by atoms with Gasteiger partial charge in [0.05, 0.1) is 13.1 Å². The molecule has 1 aromatic rings. The van der Waals surface area contributed by atoms with Crippen molar-refractivity contribution in [2.24, 2.45) is 5.73 Å². The van der Waals surface area contributed by atoms with Crippen molar-refractivity contribution in [1.82, 2.24) is 5.32 Å². The first-order chi connectivity index (χ1) is 7.69. The first-order valence-electron chi connectivity index (χ1n) is 6.22. The average molecular weight is 224 g/mol. The van der Waals surface area contributed by atoms with Gasteiger partial charge in [0.25, 0.3) is 0 Å². The molecule has 3 N–H and O–H groups in total. The smallest absolute Gasteiger partial charge is 0.118 e. The van der Waals surface area contributed by atoms with E-state index in [-0.39, 0.29) is 5.54 Å². The summed E-state index contributed by atoms with van der Waals surface area (Å²) in [4.78, 5) is 0. The quantitative estimate of drug-likeness (QED) is 0.748. The van der Waals surface area contributed by atoms with Gasteiger partial charge in [0, 0.05) is 5.54 Å². The van der Waals surface area contributed by atoms with Crippen LogP contribution >= 0.6 is 0 Å². The molecule has 16 heavy (non-hydrogen) atoms. The van der Waals surface area contributed by atoms with Crippen molar-refractivity contribution in [3.8, 4) is 0 Å². The Morgan fingerprint density at radius 3 is 2.12 bits per heavy atom. The fourth-order valence-electron chi connectivity index (χ4n) is 2.03. The molecule has 1 heterocycles. The minimum atomic E-state index is 0.246. The Labute approximate surface area is 98.4 Å². The highest BCUT2D eigenvalue weighted by molar-refractivity contribution is 5.07. The molecule has 3 nitrogen and oxygen atoms in total. The second-order valence-corrected chi connectivity index (χ2v) is 4.27. The molecule has 0 bridgehead atoms. The molecule has 0 saturated heterocycles. The van der Waals surface area contributed by atoms with E-state index in [1.165, 1.54) is 0 Å². The van der Waals surface area contributed by atoms with Gasteiger partial charge in [0.2, 0.25) is 0 Å². The van der Waals surface area contributed by atoms with Crippen molar-refractivity contribution in [2.45, 2.75) is 58.7 Å². The highest BCUT2D eigenvalue weighted by Crippen LogP contribution is 2.20. The lowest BCUT2D eigenvalue weighted by Crippen LogP contribution is -2.42. The van der Waals surface area contributed by atoms with E-state index in [9.17, 15) is 0 Å². The highest BCUT2D eigenvalue weighted by atomic mass is 16.3. The highest BCUT2D eigenvalue weighted by Gasteiger charge is 2.22. The number of hydrogen-bond acceptors (Lipinski definition) is 3. The van der Waals surface area contributed by atoms with Gasteiger partial charge >= 0.3 is 0 Å². The first kappa shape index (κ1) is 13.3. The number of nitrogens with two attached hydrogens (primary N) is 1. The molecule has 0 spiro atoms. The Morgan fingerprint density at radius 2 is 1.69 bits per heavy atom. The zero-order valence-corrected chi connectivity index (χ0v) is 10.7. The molecule has 0 aliphatic carbocycles.